The molecular weight excluding hydrogens is 338 g/mol. The lowest BCUT2D eigenvalue weighted by atomic mass is 9.95. The van der Waals surface area contributed by atoms with Crippen molar-refractivity contribution >= 4 is 5.71 Å². The molecule has 2 unspecified atom stereocenters. The first kappa shape index (κ1) is 15.9. The van der Waals surface area contributed by atoms with Crippen LogP contribution < -0.4 is 9.47 Å². The van der Waals surface area contributed by atoms with Gasteiger partial charge in [-0.05, 0) is 17.7 Å². The van der Waals surface area contributed by atoms with E-state index in [1.807, 2.05) is 48.7 Å². The summed E-state index contributed by atoms with van der Waals surface area (Å²) >= 11 is 0. The van der Waals surface area contributed by atoms with Crippen LogP contribution in [-0.2, 0) is 0 Å². The van der Waals surface area contributed by atoms with Crippen LogP contribution in [0.25, 0.3) is 0 Å². The molecule has 5 heteroatoms. The van der Waals surface area contributed by atoms with Crippen LogP contribution in [0, 0.1) is 0 Å². The van der Waals surface area contributed by atoms with Crippen LogP contribution in [0.1, 0.15) is 35.4 Å². The molecule has 0 saturated carbocycles. The molecule has 2 aromatic carbocycles. The van der Waals surface area contributed by atoms with Gasteiger partial charge in [0.1, 0.15) is 0 Å². The summed E-state index contributed by atoms with van der Waals surface area (Å²) in [6, 6.07) is 20.4. The van der Waals surface area contributed by atoms with Crippen molar-refractivity contribution in [1.29, 1.82) is 0 Å². The molecular formula is C22H19N3O2. The van der Waals surface area contributed by atoms with Crippen molar-refractivity contribution in [2.75, 3.05) is 7.11 Å². The van der Waals surface area contributed by atoms with Crippen LogP contribution in [0.15, 0.2) is 78.2 Å². The predicted molar refractivity (Wildman–Crippen MR) is 103 cm³/mol. The summed E-state index contributed by atoms with van der Waals surface area (Å²) in [4.78, 5) is 4.26. The van der Waals surface area contributed by atoms with Crippen LogP contribution in [-0.4, -0.2) is 22.8 Å². The number of nitrogens with zero attached hydrogens (tertiary/aromatic N) is 3. The zero-order valence-electron chi connectivity index (χ0n) is 14.9. The third kappa shape index (κ3) is 2.63. The molecule has 27 heavy (non-hydrogen) atoms. The number of para-hydroxylation sites is 1. The summed E-state index contributed by atoms with van der Waals surface area (Å²) in [6.45, 7) is 0. The molecule has 3 aromatic rings. The first-order valence-corrected chi connectivity index (χ1v) is 9.00. The fraction of sp³-hybridized carbons (Fsp3) is 0.182. The van der Waals surface area contributed by atoms with E-state index in [9.17, 15) is 0 Å². The molecule has 0 fully saturated rings. The SMILES string of the molecule is COc1cccc2c1OC(c1cccnc1)N1N=C(c3ccccc3)CC21. The van der Waals surface area contributed by atoms with Crippen molar-refractivity contribution < 1.29 is 9.47 Å². The van der Waals surface area contributed by atoms with Crippen molar-refractivity contribution in [3.05, 3.63) is 89.7 Å². The second kappa shape index (κ2) is 6.43. The topological polar surface area (TPSA) is 47.0 Å². The molecule has 2 aliphatic heterocycles. The number of benzene rings is 2. The summed E-state index contributed by atoms with van der Waals surface area (Å²) in [6.07, 6.45) is 4.08. The minimum atomic E-state index is -0.339. The molecule has 0 spiro atoms. The molecule has 5 rings (SSSR count). The highest BCUT2D eigenvalue weighted by Crippen LogP contribution is 2.50. The van der Waals surface area contributed by atoms with E-state index < -0.39 is 0 Å². The minimum Gasteiger partial charge on any atom is -0.493 e. The van der Waals surface area contributed by atoms with Crippen LogP contribution in [0.3, 0.4) is 0 Å². The molecule has 2 atom stereocenters. The maximum atomic E-state index is 6.39. The number of rotatable bonds is 3. The van der Waals surface area contributed by atoms with Crippen LogP contribution in [0.2, 0.25) is 0 Å². The molecule has 0 saturated heterocycles. The predicted octanol–water partition coefficient (Wildman–Crippen LogP) is 4.33. The Hall–Kier alpha value is -3.34. The molecule has 134 valence electrons. The minimum absolute atomic E-state index is 0.101. The van der Waals surface area contributed by atoms with Crippen molar-refractivity contribution in [2.24, 2.45) is 5.10 Å². The lowest BCUT2D eigenvalue weighted by Crippen LogP contribution is -2.33. The summed E-state index contributed by atoms with van der Waals surface area (Å²) in [5.41, 5.74) is 4.27. The van der Waals surface area contributed by atoms with Gasteiger partial charge in [0.25, 0.3) is 0 Å². The van der Waals surface area contributed by atoms with Crippen molar-refractivity contribution in [3.8, 4) is 11.5 Å². The quantitative estimate of drug-likeness (QED) is 0.700. The number of hydrazone groups is 1. The third-order valence-corrected chi connectivity index (χ3v) is 5.08. The highest BCUT2D eigenvalue weighted by molar-refractivity contribution is 6.01. The Labute approximate surface area is 157 Å². The molecule has 2 aliphatic rings. The number of ether oxygens (including phenoxy) is 2. The lowest BCUT2D eigenvalue weighted by molar-refractivity contribution is -0.0211. The van der Waals surface area contributed by atoms with E-state index in [4.69, 9.17) is 14.6 Å². The second-order valence-electron chi connectivity index (χ2n) is 6.65. The van der Waals surface area contributed by atoms with E-state index in [1.54, 1.807) is 13.3 Å². The molecule has 3 heterocycles. The van der Waals surface area contributed by atoms with Gasteiger partial charge in [-0.1, -0.05) is 48.5 Å². The van der Waals surface area contributed by atoms with E-state index in [2.05, 4.69) is 28.2 Å². The number of aromatic nitrogens is 1. The molecule has 0 aliphatic carbocycles. The highest BCUT2D eigenvalue weighted by atomic mass is 16.5. The monoisotopic (exact) mass is 357 g/mol. The Bertz CT molecular complexity index is 989. The molecule has 0 radical (unpaired) electrons. The summed E-state index contributed by atoms with van der Waals surface area (Å²) < 4.78 is 12.0. The Morgan fingerprint density at radius 1 is 1.04 bits per heavy atom. The van der Waals surface area contributed by atoms with Crippen molar-refractivity contribution in [2.45, 2.75) is 18.7 Å². The van der Waals surface area contributed by atoms with E-state index in [1.165, 1.54) is 0 Å². The normalized spacial score (nSPS) is 20.3. The number of hydrogen-bond acceptors (Lipinski definition) is 5. The Morgan fingerprint density at radius 3 is 2.70 bits per heavy atom. The van der Waals surface area contributed by atoms with Gasteiger partial charge in [0.15, 0.2) is 11.5 Å². The number of hydrogen-bond donors (Lipinski definition) is 0. The average molecular weight is 357 g/mol. The fourth-order valence-corrected chi connectivity index (χ4v) is 3.79. The standard InChI is InChI=1S/C22H19N3O2/c1-26-20-11-5-10-17-19-13-18(15-7-3-2-4-8-15)24-25(19)22(27-21(17)20)16-9-6-12-23-14-16/h2-12,14,19,22H,13H2,1H3. The fourth-order valence-electron chi connectivity index (χ4n) is 3.79. The lowest BCUT2D eigenvalue weighted by Gasteiger charge is -2.38. The largest absolute Gasteiger partial charge is 0.493 e. The van der Waals surface area contributed by atoms with Crippen LogP contribution >= 0.6 is 0 Å². The smallest absolute Gasteiger partial charge is 0.215 e. The Morgan fingerprint density at radius 2 is 1.93 bits per heavy atom. The molecule has 0 amide bonds. The number of fused-ring (bicyclic) bond motifs is 3. The van der Waals surface area contributed by atoms with Gasteiger partial charge < -0.3 is 9.47 Å². The number of methoxy groups -OCH3 is 1. The van der Waals surface area contributed by atoms with E-state index in [-0.39, 0.29) is 12.3 Å². The second-order valence-corrected chi connectivity index (χ2v) is 6.65. The highest BCUT2D eigenvalue weighted by Gasteiger charge is 2.42. The molecule has 0 bridgehead atoms. The Balaban J connectivity index is 1.63. The summed E-state index contributed by atoms with van der Waals surface area (Å²) in [5.74, 6) is 1.54. The summed E-state index contributed by atoms with van der Waals surface area (Å²) in [7, 11) is 1.67. The van der Waals surface area contributed by atoms with Gasteiger partial charge in [-0.25, -0.2) is 5.01 Å². The molecule has 1 aromatic heterocycles. The van der Waals surface area contributed by atoms with Gasteiger partial charge in [0.05, 0.1) is 18.9 Å². The van der Waals surface area contributed by atoms with E-state index >= 15 is 0 Å². The summed E-state index contributed by atoms with van der Waals surface area (Å²) in [5, 5.41) is 7.01. The Kier molecular flexibility index (Phi) is 3.78. The van der Waals surface area contributed by atoms with E-state index in [0.717, 1.165) is 40.3 Å². The van der Waals surface area contributed by atoms with Crippen LogP contribution in [0.5, 0.6) is 11.5 Å². The van der Waals surface area contributed by atoms with Gasteiger partial charge in [-0.3, -0.25) is 4.98 Å². The van der Waals surface area contributed by atoms with Gasteiger partial charge in [0, 0.05) is 29.9 Å². The maximum absolute atomic E-state index is 6.39. The van der Waals surface area contributed by atoms with Crippen LogP contribution in [0.4, 0.5) is 0 Å². The third-order valence-electron chi connectivity index (χ3n) is 5.08. The zero-order valence-corrected chi connectivity index (χ0v) is 14.9. The zero-order chi connectivity index (χ0) is 18.2. The van der Waals surface area contributed by atoms with Gasteiger partial charge in [0.2, 0.25) is 6.23 Å². The average Bonchev–Trinajstić information content (AvgIpc) is 3.20. The first-order valence-electron chi connectivity index (χ1n) is 9.00. The maximum Gasteiger partial charge on any atom is 0.215 e. The van der Waals surface area contributed by atoms with Crippen molar-refractivity contribution in [3.63, 3.8) is 0 Å². The molecule has 5 nitrogen and oxygen atoms in total. The first-order chi connectivity index (χ1) is 13.3. The van der Waals surface area contributed by atoms with E-state index in [0.29, 0.717) is 0 Å². The van der Waals surface area contributed by atoms with Gasteiger partial charge >= 0.3 is 0 Å². The molecule has 0 N–H and O–H groups in total. The van der Waals surface area contributed by atoms with Crippen molar-refractivity contribution in [1.82, 2.24) is 9.99 Å². The van der Waals surface area contributed by atoms with Gasteiger partial charge in [-0.2, -0.15) is 5.10 Å². The number of pyridine rings is 1. The van der Waals surface area contributed by atoms with Gasteiger partial charge in [-0.15, -0.1) is 0 Å².